The summed E-state index contributed by atoms with van der Waals surface area (Å²) < 4.78 is 6.84. The summed E-state index contributed by atoms with van der Waals surface area (Å²) in [7, 11) is 0. The number of amides is 1. The van der Waals surface area contributed by atoms with Crippen LogP contribution in [0.1, 0.15) is 43.4 Å². The number of ether oxygens (including phenoxy) is 1. The van der Waals surface area contributed by atoms with Gasteiger partial charge in [-0.1, -0.05) is 13.0 Å². The summed E-state index contributed by atoms with van der Waals surface area (Å²) in [5.74, 6) is -0.0984. The molecule has 0 bridgehead atoms. The number of thiophene rings is 1. The van der Waals surface area contributed by atoms with Crippen LogP contribution in [0.25, 0.3) is 0 Å². The number of aromatic nitrogens is 4. The number of aryl methyl sites for hydroxylation is 1. The van der Waals surface area contributed by atoms with Gasteiger partial charge in [0.2, 0.25) is 5.91 Å². The molecule has 0 aliphatic carbocycles. The minimum atomic E-state index is -0.414. The van der Waals surface area contributed by atoms with Gasteiger partial charge < -0.3 is 10.1 Å². The van der Waals surface area contributed by atoms with E-state index in [1.165, 1.54) is 18.3 Å². The summed E-state index contributed by atoms with van der Waals surface area (Å²) in [4.78, 5) is 24.3. The molecule has 2 aromatic heterocycles. The minimum Gasteiger partial charge on any atom is -0.457 e. The van der Waals surface area contributed by atoms with Crippen LogP contribution in [0.5, 0.6) is 0 Å². The third-order valence-corrected chi connectivity index (χ3v) is 4.02. The van der Waals surface area contributed by atoms with Crippen LogP contribution in [0, 0.1) is 0 Å². The van der Waals surface area contributed by atoms with Crippen molar-refractivity contribution in [1.29, 1.82) is 0 Å². The molecule has 2 aromatic rings. The first-order valence-electron chi connectivity index (χ1n) is 7.31. The molecular formula is C14H19N5O3S. The molecule has 0 saturated carbocycles. The Morgan fingerprint density at radius 1 is 1.48 bits per heavy atom. The first-order valence-corrected chi connectivity index (χ1v) is 8.19. The molecule has 0 radical (unpaired) electrons. The van der Waals surface area contributed by atoms with E-state index >= 15 is 0 Å². The van der Waals surface area contributed by atoms with Gasteiger partial charge in [0.05, 0.1) is 12.5 Å². The fourth-order valence-corrected chi connectivity index (χ4v) is 2.82. The van der Waals surface area contributed by atoms with Crippen molar-refractivity contribution in [2.24, 2.45) is 0 Å². The Morgan fingerprint density at radius 3 is 2.96 bits per heavy atom. The van der Waals surface area contributed by atoms with E-state index in [4.69, 9.17) is 4.74 Å². The second-order valence-electron chi connectivity index (χ2n) is 4.95. The molecule has 2 heterocycles. The summed E-state index contributed by atoms with van der Waals surface area (Å²) in [6, 6.07) is 3.37. The van der Waals surface area contributed by atoms with E-state index in [9.17, 15) is 9.59 Å². The van der Waals surface area contributed by atoms with Crippen LogP contribution < -0.4 is 5.32 Å². The smallest absolute Gasteiger partial charge is 0.308 e. The average Bonchev–Trinajstić information content (AvgIpc) is 3.16. The predicted molar refractivity (Wildman–Crippen MR) is 83.4 cm³/mol. The van der Waals surface area contributed by atoms with Crippen molar-refractivity contribution in [2.45, 2.75) is 45.9 Å². The highest BCUT2D eigenvalue weighted by atomic mass is 32.1. The number of nitrogens with zero attached hydrogens (tertiary/aromatic N) is 4. The molecule has 8 nitrogen and oxygen atoms in total. The van der Waals surface area contributed by atoms with Crippen molar-refractivity contribution < 1.29 is 14.3 Å². The molecule has 0 spiro atoms. The van der Waals surface area contributed by atoms with E-state index in [0.29, 0.717) is 12.4 Å². The van der Waals surface area contributed by atoms with Gasteiger partial charge in [-0.3, -0.25) is 9.59 Å². The maximum absolute atomic E-state index is 12.0. The summed E-state index contributed by atoms with van der Waals surface area (Å²) >= 11 is 1.48. The predicted octanol–water partition coefficient (Wildman–Crippen LogP) is 1.46. The van der Waals surface area contributed by atoms with Crippen LogP contribution in [0.3, 0.4) is 0 Å². The number of hydrogen-bond acceptors (Lipinski definition) is 7. The maximum Gasteiger partial charge on any atom is 0.308 e. The number of hydrogen-bond donors (Lipinski definition) is 1. The molecule has 9 heteroatoms. The minimum absolute atomic E-state index is 0.0169. The normalized spacial score (nSPS) is 11.9. The lowest BCUT2D eigenvalue weighted by Gasteiger charge is -2.15. The van der Waals surface area contributed by atoms with Crippen molar-refractivity contribution >= 4 is 23.2 Å². The summed E-state index contributed by atoms with van der Waals surface area (Å²) in [5, 5.41) is 15.9. The number of carbonyl (C=O) groups is 2. The van der Waals surface area contributed by atoms with Crippen molar-refractivity contribution in [1.82, 2.24) is 25.5 Å². The highest BCUT2D eigenvalue weighted by Crippen LogP contribution is 2.22. The van der Waals surface area contributed by atoms with Crippen LogP contribution in [0.4, 0.5) is 0 Å². The van der Waals surface area contributed by atoms with E-state index in [1.54, 1.807) is 4.68 Å². The lowest BCUT2D eigenvalue weighted by molar-refractivity contribution is -0.146. The topological polar surface area (TPSA) is 99.0 Å². The van der Waals surface area contributed by atoms with Crippen LogP contribution in [-0.2, 0) is 27.5 Å². The fraction of sp³-hybridized carbons (Fsp3) is 0.500. The number of rotatable bonds is 8. The van der Waals surface area contributed by atoms with Crippen LogP contribution in [0.15, 0.2) is 17.5 Å². The lowest BCUT2D eigenvalue weighted by atomic mass is 10.1. The van der Waals surface area contributed by atoms with Gasteiger partial charge in [0, 0.05) is 18.3 Å². The fourth-order valence-electron chi connectivity index (χ4n) is 2.04. The van der Waals surface area contributed by atoms with Gasteiger partial charge in [-0.05, 0) is 28.3 Å². The zero-order valence-electron chi connectivity index (χ0n) is 13.1. The Balaban J connectivity index is 1.91. The highest BCUT2D eigenvalue weighted by molar-refractivity contribution is 7.10. The molecule has 124 valence electrons. The zero-order chi connectivity index (χ0) is 16.7. The molecule has 0 fully saturated rings. The van der Waals surface area contributed by atoms with Crippen LogP contribution >= 0.6 is 11.3 Å². The van der Waals surface area contributed by atoms with Gasteiger partial charge in [0.25, 0.3) is 0 Å². The quantitative estimate of drug-likeness (QED) is 0.732. The Kier molecular flexibility index (Phi) is 6.21. The second-order valence-corrected chi connectivity index (χ2v) is 5.93. The second kappa shape index (κ2) is 8.37. The SMILES string of the molecule is CCCn1nnnc1COC(=O)CC(NC(C)=O)c1cccs1. The molecule has 1 atom stereocenters. The first-order chi connectivity index (χ1) is 11.1. The molecule has 0 aliphatic rings. The highest BCUT2D eigenvalue weighted by Gasteiger charge is 2.19. The Labute approximate surface area is 137 Å². The molecule has 1 amide bonds. The Hall–Kier alpha value is -2.29. The number of nitrogens with one attached hydrogen (secondary N) is 1. The van der Waals surface area contributed by atoms with Crippen molar-refractivity contribution in [2.75, 3.05) is 0 Å². The monoisotopic (exact) mass is 337 g/mol. The molecule has 1 N–H and O–H groups in total. The lowest BCUT2D eigenvalue weighted by Crippen LogP contribution is -2.28. The molecule has 0 saturated heterocycles. The Morgan fingerprint density at radius 2 is 2.30 bits per heavy atom. The van der Waals surface area contributed by atoms with Gasteiger partial charge in [-0.2, -0.15) is 0 Å². The average molecular weight is 337 g/mol. The summed E-state index contributed by atoms with van der Waals surface area (Å²) in [6.07, 6.45) is 0.949. The standard InChI is InChI=1S/C14H19N5O3S/c1-3-6-19-13(16-17-18-19)9-22-14(21)8-11(15-10(2)20)12-5-4-7-23-12/h4-5,7,11H,3,6,8-9H2,1-2H3,(H,15,20). The van der Waals surface area contributed by atoms with Gasteiger partial charge >= 0.3 is 5.97 Å². The molecule has 0 aromatic carbocycles. The largest absolute Gasteiger partial charge is 0.457 e. The van der Waals surface area contributed by atoms with Gasteiger partial charge in [-0.15, -0.1) is 16.4 Å². The summed E-state index contributed by atoms with van der Waals surface area (Å²) in [6.45, 7) is 4.12. The van der Waals surface area contributed by atoms with Crippen molar-refractivity contribution in [3.63, 3.8) is 0 Å². The number of esters is 1. The van der Waals surface area contributed by atoms with Crippen molar-refractivity contribution in [3.8, 4) is 0 Å². The van der Waals surface area contributed by atoms with Crippen LogP contribution in [0.2, 0.25) is 0 Å². The molecule has 1 unspecified atom stereocenters. The van der Waals surface area contributed by atoms with Crippen molar-refractivity contribution in [3.05, 3.63) is 28.2 Å². The molecule has 2 rings (SSSR count). The molecular weight excluding hydrogens is 318 g/mol. The van der Waals surface area contributed by atoms with E-state index in [2.05, 4.69) is 20.8 Å². The maximum atomic E-state index is 12.0. The van der Waals surface area contributed by atoms with E-state index < -0.39 is 5.97 Å². The van der Waals surface area contributed by atoms with E-state index in [0.717, 1.165) is 11.3 Å². The Bertz CT molecular complexity index is 641. The third kappa shape index (κ3) is 5.13. The van der Waals surface area contributed by atoms with Gasteiger partial charge in [0.1, 0.15) is 0 Å². The third-order valence-electron chi connectivity index (χ3n) is 3.04. The number of carbonyl (C=O) groups excluding carboxylic acids is 2. The molecule has 0 aliphatic heterocycles. The zero-order valence-corrected chi connectivity index (χ0v) is 13.9. The van der Waals surface area contributed by atoms with Gasteiger partial charge in [0.15, 0.2) is 12.4 Å². The summed E-state index contributed by atoms with van der Waals surface area (Å²) in [5.41, 5.74) is 0. The molecule has 23 heavy (non-hydrogen) atoms. The van der Waals surface area contributed by atoms with E-state index in [-0.39, 0.29) is 25.0 Å². The van der Waals surface area contributed by atoms with Crippen LogP contribution in [-0.4, -0.2) is 32.1 Å². The van der Waals surface area contributed by atoms with E-state index in [1.807, 2.05) is 24.4 Å². The van der Waals surface area contributed by atoms with Gasteiger partial charge in [-0.25, -0.2) is 4.68 Å². The number of tetrazole rings is 1. The first kappa shape index (κ1) is 17.1.